The van der Waals surface area contributed by atoms with Crippen molar-refractivity contribution in [1.29, 1.82) is 0 Å². The van der Waals surface area contributed by atoms with Gasteiger partial charge in [0.15, 0.2) is 0 Å². The predicted octanol–water partition coefficient (Wildman–Crippen LogP) is 5.57. The van der Waals surface area contributed by atoms with Crippen molar-refractivity contribution in [2.45, 2.75) is 65.3 Å². The first-order valence-corrected chi connectivity index (χ1v) is 12.8. The van der Waals surface area contributed by atoms with E-state index in [0.717, 1.165) is 50.3 Å². The number of carbonyl (C=O) groups excluding carboxylic acids is 1. The number of amides is 1. The van der Waals surface area contributed by atoms with E-state index in [1.165, 1.54) is 11.1 Å². The molecule has 0 saturated carbocycles. The van der Waals surface area contributed by atoms with Crippen molar-refractivity contribution in [2.24, 2.45) is 17.3 Å². The summed E-state index contributed by atoms with van der Waals surface area (Å²) in [4.78, 5) is 15.6. The highest BCUT2D eigenvalue weighted by molar-refractivity contribution is 6.30. The van der Waals surface area contributed by atoms with E-state index in [-0.39, 0.29) is 35.8 Å². The maximum Gasteiger partial charge on any atom is 0.239 e. The minimum absolute atomic E-state index is 0.00771. The molecule has 1 aromatic carbocycles. The van der Waals surface area contributed by atoms with Gasteiger partial charge in [0.1, 0.15) is 0 Å². The van der Waals surface area contributed by atoms with Crippen LogP contribution in [0.2, 0.25) is 5.02 Å². The fourth-order valence-corrected chi connectivity index (χ4v) is 5.56. The number of halogens is 1. The highest BCUT2D eigenvalue weighted by Gasteiger charge is 2.40. The number of nitrogens with one attached hydrogen (secondary N) is 1. The molecule has 1 fully saturated rings. The topological polar surface area (TPSA) is 52.6 Å². The summed E-state index contributed by atoms with van der Waals surface area (Å²) in [5, 5.41) is 14.2. The molecule has 33 heavy (non-hydrogen) atoms. The van der Waals surface area contributed by atoms with E-state index in [4.69, 9.17) is 11.6 Å². The minimum Gasteiger partial charge on any atom is -0.396 e. The molecular weight excluding hydrogens is 432 g/mol. The normalized spacial score (nSPS) is 22.2. The second-order valence-corrected chi connectivity index (χ2v) is 11.1. The van der Waals surface area contributed by atoms with Gasteiger partial charge in [0.2, 0.25) is 5.91 Å². The van der Waals surface area contributed by atoms with Crippen LogP contribution < -0.4 is 5.32 Å². The number of aliphatic hydroxyl groups is 1. The fraction of sp³-hybridized carbons (Fsp3) is 0.607. The molecule has 1 heterocycles. The molecule has 2 aliphatic rings. The van der Waals surface area contributed by atoms with Crippen molar-refractivity contribution >= 4 is 17.5 Å². The molecule has 0 bridgehead atoms. The number of aliphatic hydroxyl groups excluding tert-OH is 1. The smallest absolute Gasteiger partial charge is 0.239 e. The lowest BCUT2D eigenvalue weighted by atomic mass is 9.70. The Morgan fingerprint density at radius 3 is 2.58 bits per heavy atom. The lowest BCUT2D eigenvalue weighted by molar-refractivity contribution is -0.138. The molecular formula is C28H41ClN2O2. The first kappa shape index (κ1) is 26.0. The molecule has 1 aliphatic carbocycles. The van der Waals surface area contributed by atoms with E-state index in [1.54, 1.807) is 0 Å². The zero-order valence-electron chi connectivity index (χ0n) is 20.7. The zero-order valence-corrected chi connectivity index (χ0v) is 21.4. The highest BCUT2D eigenvalue weighted by Crippen LogP contribution is 2.42. The van der Waals surface area contributed by atoms with Gasteiger partial charge in [0, 0.05) is 30.6 Å². The number of allylic oxidation sites excluding steroid dienone is 3. The van der Waals surface area contributed by atoms with Gasteiger partial charge in [-0.15, -0.1) is 0 Å². The fourth-order valence-electron chi connectivity index (χ4n) is 5.43. The molecule has 3 rings (SSSR count). The first-order chi connectivity index (χ1) is 15.7. The Hall–Kier alpha value is -1.62. The van der Waals surface area contributed by atoms with Crippen LogP contribution in [0, 0.1) is 17.3 Å². The summed E-state index contributed by atoms with van der Waals surface area (Å²) in [6, 6.07) is 7.97. The third-order valence-electron chi connectivity index (χ3n) is 7.39. The Bertz CT molecular complexity index is 844. The number of benzene rings is 1. The van der Waals surface area contributed by atoms with Crippen LogP contribution in [-0.2, 0) is 4.79 Å². The van der Waals surface area contributed by atoms with Gasteiger partial charge in [-0.1, -0.05) is 75.2 Å². The molecule has 3 atom stereocenters. The van der Waals surface area contributed by atoms with Crippen molar-refractivity contribution in [3.05, 3.63) is 58.7 Å². The maximum atomic E-state index is 13.5. The van der Waals surface area contributed by atoms with Gasteiger partial charge in [-0.3, -0.25) is 4.79 Å². The summed E-state index contributed by atoms with van der Waals surface area (Å²) in [5.41, 5.74) is 2.61. The Morgan fingerprint density at radius 1 is 1.27 bits per heavy atom. The van der Waals surface area contributed by atoms with Crippen molar-refractivity contribution < 1.29 is 9.90 Å². The summed E-state index contributed by atoms with van der Waals surface area (Å²) in [6.07, 6.45) is 10.3. The van der Waals surface area contributed by atoms with Gasteiger partial charge in [0.25, 0.3) is 0 Å². The summed E-state index contributed by atoms with van der Waals surface area (Å²) >= 11 is 6.09. The molecule has 0 radical (unpaired) electrons. The van der Waals surface area contributed by atoms with E-state index >= 15 is 0 Å². The molecule has 1 saturated heterocycles. The lowest BCUT2D eigenvalue weighted by Crippen LogP contribution is -2.55. The molecule has 2 N–H and O–H groups in total. The summed E-state index contributed by atoms with van der Waals surface area (Å²) in [6.45, 7) is 11.2. The van der Waals surface area contributed by atoms with Crippen molar-refractivity contribution in [1.82, 2.24) is 10.2 Å². The Morgan fingerprint density at radius 2 is 2.00 bits per heavy atom. The lowest BCUT2D eigenvalue weighted by Gasteiger charge is -2.46. The third kappa shape index (κ3) is 6.71. The number of rotatable bonds is 9. The van der Waals surface area contributed by atoms with E-state index < -0.39 is 0 Å². The van der Waals surface area contributed by atoms with Crippen LogP contribution in [0.15, 0.2) is 48.1 Å². The molecule has 2 unspecified atom stereocenters. The number of hydrogen-bond acceptors (Lipinski definition) is 3. The standard InChI is InChI=1S/C28H41ClN2O2/c1-20(2)26(30-16-14-23(18-32)21-8-6-5-7-9-21)27(33)31-17-15-25(28(3,4)19-31)22-10-12-24(29)13-11-22/h5-6,8,10-13,20,23,25-26,30,32H,7,9,14-19H2,1-4H3/t23?,25?,26-/m1/s1. The largest absolute Gasteiger partial charge is 0.396 e. The van der Waals surface area contributed by atoms with Crippen molar-refractivity contribution in [3.63, 3.8) is 0 Å². The van der Waals surface area contributed by atoms with E-state index in [1.807, 2.05) is 12.1 Å². The average molecular weight is 473 g/mol. The van der Waals surface area contributed by atoms with Gasteiger partial charge in [0.05, 0.1) is 6.04 Å². The first-order valence-electron chi connectivity index (χ1n) is 12.5. The van der Waals surface area contributed by atoms with E-state index in [0.29, 0.717) is 5.92 Å². The van der Waals surface area contributed by atoms with Crippen LogP contribution in [0.5, 0.6) is 0 Å². The molecule has 0 aromatic heterocycles. The quantitative estimate of drug-likeness (QED) is 0.493. The molecule has 182 valence electrons. The molecule has 4 nitrogen and oxygen atoms in total. The van der Waals surface area contributed by atoms with Crippen molar-refractivity contribution in [3.8, 4) is 0 Å². The molecule has 5 heteroatoms. The monoisotopic (exact) mass is 472 g/mol. The van der Waals surface area contributed by atoms with Crippen LogP contribution in [0.3, 0.4) is 0 Å². The SMILES string of the molecule is CC(C)[C@@H](NCCC(CO)C1=CC=CCC1)C(=O)N1CCC(c2ccc(Cl)cc2)C(C)(C)C1. The van der Waals surface area contributed by atoms with Crippen LogP contribution in [0.4, 0.5) is 0 Å². The average Bonchev–Trinajstić information content (AvgIpc) is 2.79. The van der Waals surface area contributed by atoms with Gasteiger partial charge in [-0.05, 0) is 67.2 Å². The van der Waals surface area contributed by atoms with Gasteiger partial charge in [-0.2, -0.15) is 0 Å². The predicted molar refractivity (Wildman–Crippen MR) is 137 cm³/mol. The molecule has 1 aliphatic heterocycles. The molecule has 1 amide bonds. The summed E-state index contributed by atoms with van der Waals surface area (Å²) in [5.74, 6) is 0.985. The van der Waals surface area contributed by atoms with E-state index in [9.17, 15) is 9.90 Å². The maximum absolute atomic E-state index is 13.5. The van der Waals surface area contributed by atoms with Gasteiger partial charge < -0.3 is 15.3 Å². The third-order valence-corrected chi connectivity index (χ3v) is 7.65. The zero-order chi connectivity index (χ0) is 24.0. The number of nitrogens with zero attached hydrogens (tertiary/aromatic N) is 1. The summed E-state index contributed by atoms with van der Waals surface area (Å²) < 4.78 is 0. The number of likely N-dealkylation sites (tertiary alicyclic amines) is 1. The molecule has 1 aromatic rings. The number of piperidine rings is 1. The Balaban J connectivity index is 1.59. The Kier molecular flexibility index (Phi) is 9.20. The second kappa shape index (κ2) is 11.7. The number of hydrogen-bond donors (Lipinski definition) is 2. The molecule has 0 spiro atoms. The minimum atomic E-state index is -0.201. The summed E-state index contributed by atoms with van der Waals surface area (Å²) in [7, 11) is 0. The second-order valence-electron chi connectivity index (χ2n) is 10.7. The van der Waals surface area contributed by atoms with Crippen molar-refractivity contribution in [2.75, 3.05) is 26.2 Å². The van der Waals surface area contributed by atoms with Crippen LogP contribution in [0.25, 0.3) is 0 Å². The van der Waals surface area contributed by atoms with E-state index in [2.05, 4.69) is 68.3 Å². The van der Waals surface area contributed by atoms with Crippen LogP contribution >= 0.6 is 11.6 Å². The highest BCUT2D eigenvalue weighted by atomic mass is 35.5. The van der Waals surface area contributed by atoms with Gasteiger partial charge >= 0.3 is 0 Å². The Labute approximate surface area is 205 Å². The van der Waals surface area contributed by atoms with Gasteiger partial charge in [-0.25, -0.2) is 0 Å². The number of carbonyl (C=O) groups is 1. The van der Waals surface area contributed by atoms with Crippen LogP contribution in [-0.4, -0.2) is 48.2 Å². The van der Waals surface area contributed by atoms with Crippen LogP contribution in [0.1, 0.15) is 64.9 Å².